The van der Waals surface area contributed by atoms with Crippen LogP contribution in [0.1, 0.15) is 0 Å². The molecule has 6 aromatic rings. The molecule has 4 aromatic heterocycles. The maximum atomic E-state index is 6.06. The molecule has 0 atom stereocenters. The van der Waals surface area contributed by atoms with E-state index in [0.717, 1.165) is 53.2 Å². The highest BCUT2D eigenvalue weighted by molar-refractivity contribution is 7.25. The minimum atomic E-state index is 0.383. The molecular formula is C38H42N4O10S2. The van der Waals surface area contributed by atoms with Crippen LogP contribution in [0.5, 0.6) is 23.0 Å². The van der Waals surface area contributed by atoms with Crippen LogP contribution >= 0.6 is 22.7 Å². The van der Waals surface area contributed by atoms with Crippen molar-refractivity contribution in [3.8, 4) is 54.2 Å². The second kappa shape index (κ2) is 18.4. The standard InChI is InChI=1S/C38H42N4O10S2/c1-3-35(37-39-25-21-29-30(22-26(25)40-37)50-18-14-46-10-6-43-5-9-45-13-17-49-29)53-33(1)34-2-4-36(54-34)38-41-27-23-31-32(24-28(27)42-38)52-20-16-48-12-8-44-7-11-47-15-19-51-31/h1-4,21-24H,5-20H2,(H,39,40)(H,41,42). The molecule has 54 heavy (non-hydrogen) atoms. The summed E-state index contributed by atoms with van der Waals surface area (Å²) in [6.45, 7) is 7.40. The summed E-state index contributed by atoms with van der Waals surface area (Å²) in [7, 11) is 0. The molecule has 286 valence electrons. The van der Waals surface area contributed by atoms with Crippen LogP contribution in [0.2, 0.25) is 0 Å². The van der Waals surface area contributed by atoms with Crippen LogP contribution in [0.3, 0.4) is 0 Å². The van der Waals surface area contributed by atoms with Gasteiger partial charge in [-0.2, -0.15) is 0 Å². The topological polar surface area (TPSA) is 150 Å². The highest BCUT2D eigenvalue weighted by Crippen LogP contribution is 2.41. The summed E-state index contributed by atoms with van der Waals surface area (Å²) >= 11 is 3.35. The molecule has 2 aromatic carbocycles. The van der Waals surface area contributed by atoms with Gasteiger partial charge in [0.05, 0.1) is 111 Å². The molecule has 8 rings (SSSR count). The first-order valence-electron chi connectivity index (χ1n) is 18.0. The first-order chi connectivity index (χ1) is 26.8. The van der Waals surface area contributed by atoms with Gasteiger partial charge in [-0.05, 0) is 24.3 Å². The number of aromatic nitrogens is 4. The Labute approximate surface area is 319 Å². The minimum absolute atomic E-state index is 0.383. The van der Waals surface area contributed by atoms with Crippen molar-refractivity contribution in [3.05, 3.63) is 48.5 Å². The fraction of sp³-hybridized carbons (Fsp3) is 0.421. The summed E-state index contributed by atoms with van der Waals surface area (Å²) in [4.78, 5) is 21.1. The van der Waals surface area contributed by atoms with Crippen molar-refractivity contribution in [1.29, 1.82) is 0 Å². The lowest BCUT2D eigenvalue weighted by Crippen LogP contribution is -2.13. The second-order valence-electron chi connectivity index (χ2n) is 12.2. The number of fused-ring (bicyclic) bond motifs is 4. The second-order valence-corrected chi connectivity index (χ2v) is 14.4. The number of hydrogen-bond donors (Lipinski definition) is 2. The molecule has 0 bridgehead atoms. The quantitative estimate of drug-likeness (QED) is 0.211. The van der Waals surface area contributed by atoms with E-state index in [2.05, 4.69) is 34.2 Å². The van der Waals surface area contributed by atoms with Gasteiger partial charge >= 0.3 is 0 Å². The molecule has 2 aliphatic rings. The molecule has 0 unspecified atom stereocenters. The predicted octanol–water partition coefficient (Wildman–Crippen LogP) is 6.21. The van der Waals surface area contributed by atoms with E-state index in [9.17, 15) is 0 Å². The number of thiophene rings is 2. The number of imidazole rings is 2. The van der Waals surface area contributed by atoms with Gasteiger partial charge in [0, 0.05) is 34.0 Å². The molecule has 0 fully saturated rings. The Bertz CT molecular complexity index is 1860. The number of hydrogen-bond acceptors (Lipinski definition) is 14. The average molecular weight is 779 g/mol. The SMILES string of the molecule is c1cc(-c2ccc(-c3nc4cc5c(cc4[nH]3)OCCOCCOCCOCCO5)s2)sc1-c1nc2cc3c(cc2[nH]1)OCCOCCOCCOCCO3. The Morgan fingerprint density at radius 1 is 0.370 bits per heavy atom. The van der Waals surface area contributed by atoms with Gasteiger partial charge in [0.1, 0.15) is 38.1 Å². The molecule has 0 radical (unpaired) electrons. The third-order valence-electron chi connectivity index (χ3n) is 8.45. The zero-order valence-electron chi connectivity index (χ0n) is 29.7. The fourth-order valence-corrected chi connectivity index (χ4v) is 7.83. The van der Waals surface area contributed by atoms with Gasteiger partial charge in [0.15, 0.2) is 23.0 Å². The lowest BCUT2D eigenvalue weighted by molar-refractivity contribution is 0.00708. The molecule has 14 nitrogen and oxygen atoms in total. The molecule has 2 N–H and O–H groups in total. The minimum Gasteiger partial charge on any atom is -0.487 e. The monoisotopic (exact) mass is 778 g/mol. The average Bonchev–Trinajstić information content (AvgIpc) is 4.00. The summed E-state index contributed by atoms with van der Waals surface area (Å²) in [6, 6.07) is 16.1. The number of nitrogens with one attached hydrogen (secondary N) is 2. The van der Waals surface area contributed by atoms with Crippen LogP contribution in [-0.2, 0) is 28.4 Å². The van der Waals surface area contributed by atoms with E-state index in [4.69, 9.17) is 57.3 Å². The summed E-state index contributed by atoms with van der Waals surface area (Å²) in [6.07, 6.45) is 0. The highest BCUT2D eigenvalue weighted by Gasteiger charge is 2.18. The largest absolute Gasteiger partial charge is 0.487 e. The zero-order chi connectivity index (χ0) is 36.4. The molecule has 0 saturated heterocycles. The van der Waals surface area contributed by atoms with Crippen LogP contribution in [0.15, 0.2) is 48.5 Å². The number of rotatable bonds is 3. The van der Waals surface area contributed by atoms with E-state index < -0.39 is 0 Å². The Morgan fingerprint density at radius 3 is 1.02 bits per heavy atom. The van der Waals surface area contributed by atoms with Crippen LogP contribution in [-0.4, -0.2) is 126 Å². The van der Waals surface area contributed by atoms with E-state index in [-0.39, 0.29) is 0 Å². The van der Waals surface area contributed by atoms with E-state index in [0.29, 0.717) is 129 Å². The Morgan fingerprint density at radius 2 is 0.667 bits per heavy atom. The van der Waals surface area contributed by atoms with Crippen molar-refractivity contribution in [2.24, 2.45) is 0 Å². The summed E-state index contributed by atoms with van der Waals surface area (Å²) in [5, 5.41) is 0. The fourth-order valence-electron chi connectivity index (χ4n) is 5.84. The summed E-state index contributed by atoms with van der Waals surface area (Å²) < 4.78 is 57.7. The number of ether oxygens (including phenoxy) is 10. The molecular weight excluding hydrogens is 737 g/mol. The van der Waals surface area contributed by atoms with Gasteiger partial charge in [0.2, 0.25) is 0 Å². The van der Waals surface area contributed by atoms with E-state index in [1.54, 1.807) is 22.7 Å². The van der Waals surface area contributed by atoms with Crippen LogP contribution in [0, 0.1) is 0 Å². The van der Waals surface area contributed by atoms with Gasteiger partial charge in [0.25, 0.3) is 0 Å². The van der Waals surface area contributed by atoms with E-state index in [1.807, 2.05) is 24.3 Å². The first-order valence-corrected chi connectivity index (χ1v) is 19.7. The van der Waals surface area contributed by atoms with Crippen LogP contribution < -0.4 is 18.9 Å². The number of H-pyrrole nitrogens is 2. The third-order valence-corrected chi connectivity index (χ3v) is 10.8. The molecule has 0 spiro atoms. The maximum absolute atomic E-state index is 6.06. The lowest BCUT2D eigenvalue weighted by Gasteiger charge is -2.13. The molecule has 6 heterocycles. The molecule has 2 aliphatic heterocycles. The Kier molecular flexibility index (Phi) is 12.5. The molecule has 0 amide bonds. The normalized spacial score (nSPS) is 17.7. The maximum Gasteiger partial charge on any atom is 0.163 e. The van der Waals surface area contributed by atoms with Gasteiger partial charge in [-0.25, -0.2) is 9.97 Å². The van der Waals surface area contributed by atoms with Crippen molar-refractivity contribution in [1.82, 2.24) is 19.9 Å². The van der Waals surface area contributed by atoms with Crippen LogP contribution in [0.25, 0.3) is 53.2 Å². The van der Waals surface area contributed by atoms with Gasteiger partial charge in [-0.1, -0.05) is 0 Å². The first kappa shape index (κ1) is 36.7. The van der Waals surface area contributed by atoms with Crippen molar-refractivity contribution in [3.63, 3.8) is 0 Å². The van der Waals surface area contributed by atoms with Crippen molar-refractivity contribution in [2.45, 2.75) is 0 Å². The molecule has 0 aliphatic carbocycles. The highest BCUT2D eigenvalue weighted by atomic mass is 32.1. The van der Waals surface area contributed by atoms with E-state index >= 15 is 0 Å². The lowest BCUT2D eigenvalue weighted by atomic mass is 10.2. The summed E-state index contributed by atoms with van der Waals surface area (Å²) in [5.41, 5.74) is 3.28. The Balaban J connectivity index is 0.977. The van der Waals surface area contributed by atoms with E-state index in [1.165, 1.54) is 0 Å². The van der Waals surface area contributed by atoms with Crippen molar-refractivity contribution >= 4 is 44.7 Å². The molecule has 0 saturated carbocycles. The Hall–Kier alpha value is -4.26. The third kappa shape index (κ3) is 9.33. The van der Waals surface area contributed by atoms with Gasteiger partial charge in [-0.3, -0.25) is 0 Å². The van der Waals surface area contributed by atoms with Gasteiger partial charge < -0.3 is 57.3 Å². The van der Waals surface area contributed by atoms with Crippen LogP contribution in [0.4, 0.5) is 0 Å². The summed E-state index contributed by atoms with van der Waals surface area (Å²) in [5.74, 6) is 4.03. The van der Waals surface area contributed by atoms with Gasteiger partial charge in [-0.15, -0.1) is 22.7 Å². The number of nitrogens with zero attached hydrogens (tertiary/aromatic N) is 2. The predicted molar refractivity (Wildman–Crippen MR) is 205 cm³/mol. The van der Waals surface area contributed by atoms with Crippen molar-refractivity contribution < 1.29 is 47.4 Å². The zero-order valence-corrected chi connectivity index (χ0v) is 31.4. The van der Waals surface area contributed by atoms with Crippen molar-refractivity contribution in [2.75, 3.05) is 106 Å². The number of benzene rings is 2. The molecule has 16 heteroatoms. The smallest absolute Gasteiger partial charge is 0.163 e. The number of aromatic amines is 2.